The maximum Gasteiger partial charge on any atom is 0.242 e. The number of hydrogen-bond donors (Lipinski definition) is 4. The quantitative estimate of drug-likeness (QED) is 0.309. The van der Waals surface area contributed by atoms with E-state index in [0.29, 0.717) is 64.4 Å². The minimum absolute atomic E-state index is 0.0457. The predicted molar refractivity (Wildman–Crippen MR) is 165 cm³/mol. The molecule has 0 unspecified atom stereocenters. The van der Waals surface area contributed by atoms with Crippen molar-refractivity contribution in [3.63, 3.8) is 0 Å². The van der Waals surface area contributed by atoms with Crippen molar-refractivity contribution in [1.29, 1.82) is 0 Å². The zero-order valence-electron chi connectivity index (χ0n) is 27.0. The summed E-state index contributed by atoms with van der Waals surface area (Å²) in [6, 6.07) is -0.258. The number of piperidine rings is 2. The van der Waals surface area contributed by atoms with Gasteiger partial charge in [-0.2, -0.15) is 0 Å². The van der Waals surface area contributed by atoms with Gasteiger partial charge in [0.15, 0.2) is 0 Å². The van der Waals surface area contributed by atoms with E-state index in [1.807, 2.05) is 20.8 Å². The maximum absolute atomic E-state index is 13.8. The summed E-state index contributed by atoms with van der Waals surface area (Å²) < 4.78 is 5.59. The third-order valence-corrected chi connectivity index (χ3v) is 9.70. The number of nitrogens with zero attached hydrogens (tertiary/aromatic N) is 2. The van der Waals surface area contributed by atoms with Crippen LogP contribution in [0.25, 0.3) is 0 Å². The Labute approximate surface area is 258 Å². The molecular formula is C32H56N6O5. The molecule has 1 spiro atoms. The van der Waals surface area contributed by atoms with Crippen molar-refractivity contribution in [3.05, 3.63) is 0 Å². The summed E-state index contributed by atoms with van der Waals surface area (Å²) in [4.78, 5) is 57.5. The molecule has 4 saturated heterocycles. The van der Waals surface area contributed by atoms with E-state index in [2.05, 4.69) is 33.2 Å². The summed E-state index contributed by atoms with van der Waals surface area (Å²) in [6.07, 6.45) is 7.48. The molecule has 0 aliphatic carbocycles. The van der Waals surface area contributed by atoms with Gasteiger partial charge in [0.1, 0.15) is 6.04 Å². The van der Waals surface area contributed by atoms with Gasteiger partial charge in [-0.3, -0.25) is 19.2 Å². The van der Waals surface area contributed by atoms with Crippen LogP contribution in [-0.4, -0.2) is 111 Å². The first-order chi connectivity index (χ1) is 20.4. The summed E-state index contributed by atoms with van der Waals surface area (Å²) in [5.74, 6) is -0.297. The van der Waals surface area contributed by atoms with Crippen molar-refractivity contribution >= 4 is 23.6 Å². The highest BCUT2D eigenvalue weighted by Crippen LogP contribution is 2.32. The molecular weight excluding hydrogens is 548 g/mol. The Morgan fingerprint density at radius 2 is 1.72 bits per heavy atom. The van der Waals surface area contributed by atoms with Crippen molar-refractivity contribution in [2.45, 2.75) is 116 Å². The van der Waals surface area contributed by atoms with Crippen molar-refractivity contribution in [2.24, 2.45) is 10.8 Å². The molecule has 4 rings (SSSR count). The molecule has 0 aromatic heterocycles. The van der Waals surface area contributed by atoms with Crippen molar-refractivity contribution in [1.82, 2.24) is 31.1 Å². The Hall–Kier alpha value is -2.24. The van der Waals surface area contributed by atoms with E-state index in [-0.39, 0.29) is 54.1 Å². The molecule has 3 atom stereocenters. The fourth-order valence-electron chi connectivity index (χ4n) is 6.97. The van der Waals surface area contributed by atoms with Crippen LogP contribution in [0.3, 0.4) is 0 Å². The van der Waals surface area contributed by atoms with Gasteiger partial charge in [0.2, 0.25) is 23.6 Å². The summed E-state index contributed by atoms with van der Waals surface area (Å²) in [5.41, 5.74) is -0.805. The van der Waals surface area contributed by atoms with Gasteiger partial charge in [-0.05, 0) is 83.3 Å². The van der Waals surface area contributed by atoms with Crippen LogP contribution >= 0.6 is 0 Å². The highest BCUT2D eigenvalue weighted by molar-refractivity contribution is 5.90. The Bertz CT molecular complexity index is 970. The van der Waals surface area contributed by atoms with Gasteiger partial charge in [-0.25, -0.2) is 0 Å². The molecule has 0 radical (unpaired) electrons. The van der Waals surface area contributed by atoms with Crippen LogP contribution < -0.4 is 21.3 Å². The fourth-order valence-corrected chi connectivity index (χ4v) is 6.97. The molecule has 0 saturated carbocycles. The van der Waals surface area contributed by atoms with Gasteiger partial charge in [-0.1, -0.05) is 20.8 Å². The summed E-state index contributed by atoms with van der Waals surface area (Å²) in [6.45, 7) is 10.6. The molecule has 43 heavy (non-hydrogen) atoms. The van der Waals surface area contributed by atoms with Gasteiger partial charge >= 0.3 is 0 Å². The summed E-state index contributed by atoms with van der Waals surface area (Å²) in [5, 5.41) is 13.1. The normalized spacial score (nSPS) is 28.0. The monoisotopic (exact) mass is 604 g/mol. The van der Waals surface area contributed by atoms with Gasteiger partial charge in [0, 0.05) is 63.8 Å². The molecule has 4 fully saturated rings. The van der Waals surface area contributed by atoms with Gasteiger partial charge in [0.25, 0.3) is 0 Å². The predicted octanol–water partition coefficient (Wildman–Crippen LogP) is 1.55. The second-order valence-corrected chi connectivity index (χ2v) is 14.6. The van der Waals surface area contributed by atoms with Gasteiger partial charge in [0.05, 0.1) is 5.41 Å². The van der Waals surface area contributed by atoms with E-state index in [1.54, 1.807) is 4.90 Å². The van der Waals surface area contributed by atoms with Crippen molar-refractivity contribution < 1.29 is 23.9 Å². The van der Waals surface area contributed by atoms with Gasteiger partial charge < -0.3 is 35.8 Å². The molecule has 244 valence electrons. The summed E-state index contributed by atoms with van der Waals surface area (Å²) in [7, 11) is 2.15. The first-order valence-corrected chi connectivity index (χ1v) is 16.6. The van der Waals surface area contributed by atoms with E-state index < -0.39 is 11.5 Å². The Morgan fingerprint density at radius 3 is 2.42 bits per heavy atom. The SMILES string of the molecule is CN1CCC(N[C@@H]2CCN3C(=O)C[C@H](CCCCNC(=O)CC(C)(C)C)NC(=O)C4(CCOCC4)CNC(=O)[C@@H]3C2)CC1. The number of likely N-dealkylation sites (tertiary alicyclic amines) is 1. The molecule has 11 heteroatoms. The average molecular weight is 605 g/mol. The number of nitrogens with one attached hydrogen (secondary N) is 4. The first kappa shape index (κ1) is 33.6. The van der Waals surface area contributed by atoms with Crippen LogP contribution in [0.4, 0.5) is 0 Å². The topological polar surface area (TPSA) is 132 Å². The van der Waals surface area contributed by atoms with E-state index >= 15 is 0 Å². The second kappa shape index (κ2) is 15.2. The Morgan fingerprint density at radius 1 is 1.02 bits per heavy atom. The third kappa shape index (κ3) is 9.88. The van der Waals surface area contributed by atoms with Crippen molar-refractivity contribution in [2.75, 3.05) is 53.0 Å². The third-order valence-electron chi connectivity index (χ3n) is 9.70. The standard InChI is InChI=1S/C32H56N6O5/c1-31(2,3)21-27(39)33-13-6-5-7-24-20-28(40)38-16-10-25(35-23-8-14-37(4)15-9-23)19-26(38)29(41)34-22-32(30(42)36-24)11-17-43-18-12-32/h23-26,35H,5-22H2,1-4H3,(H,33,39)(H,34,41)(H,36,42)/t24-,25+,26-/m0/s1. The van der Waals surface area contributed by atoms with E-state index in [1.165, 1.54) is 0 Å². The minimum Gasteiger partial charge on any atom is -0.381 e. The number of carbonyl (C=O) groups is 4. The molecule has 11 nitrogen and oxygen atoms in total. The lowest BCUT2D eigenvalue weighted by Gasteiger charge is -2.41. The molecule has 4 N–H and O–H groups in total. The molecule has 4 aliphatic heterocycles. The zero-order chi connectivity index (χ0) is 31.0. The van der Waals surface area contributed by atoms with E-state index in [0.717, 1.165) is 45.2 Å². The van der Waals surface area contributed by atoms with Crippen LogP contribution in [0.15, 0.2) is 0 Å². The van der Waals surface area contributed by atoms with Gasteiger partial charge in [-0.15, -0.1) is 0 Å². The Kier molecular flexibility index (Phi) is 11.9. The molecule has 0 bridgehead atoms. The lowest BCUT2D eigenvalue weighted by atomic mass is 9.78. The molecule has 4 amide bonds. The Balaban J connectivity index is 1.41. The highest BCUT2D eigenvalue weighted by atomic mass is 16.5. The number of rotatable bonds is 8. The van der Waals surface area contributed by atoms with Crippen LogP contribution in [0.1, 0.15) is 91.4 Å². The van der Waals surface area contributed by atoms with Crippen LogP contribution in [0.5, 0.6) is 0 Å². The lowest BCUT2D eigenvalue weighted by molar-refractivity contribution is -0.143. The fraction of sp³-hybridized carbons (Fsp3) is 0.875. The minimum atomic E-state index is -0.744. The van der Waals surface area contributed by atoms with Crippen LogP contribution in [-0.2, 0) is 23.9 Å². The van der Waals surface area contributed by atoms with E-state index in [4.69, 9.17) is 4.74 Å². The number of unbranched alkanes of at least 4 members (excludes halogenated alkanes) is 1. The lowest BCUT2D eigenvalue weighted by Crippen LogP contribution is -2.59. The first-order valence-electron chi connectivity index (χ1n) is 16.6. The molecule has 4 heterocycles. The molecule has 0 aromatic rings. The smallest absolute Gasteiger partial charge is 0.242 e. The number of hydrogen-bond acceptors (Lipinski definition) is 7. The molecule has 4 aliphatic rings. The van der Waals surface area contributed by atoms with Crippen LogP contribution in [0.2, 0.25) is 0 Å². The molecule has 0 aromatic carbocycles. The number of ether oxygens (including phenoxy) is 1. The van der Waals surface area contributed by atoms with Crippen LogP contribution in [0, 0.1) is 10.8 Å². The number of fused-ring (bicyclic) bond motifs is 1. The van der Waals surface area contributed by atoms with E-state index in [9.17, 15) is 19.2 Å². The summed E-state index contributed by atoms with van der Waals surface area (Å²) >= 11 is 0. The largest absolute Gasteiger partial charge is 0.381 e. The maximum atomic E-state index is 13.8. The van der Waals surface area contributed by atoms with Crippen molar-refractivity contribution in [3.8, 4) is 0 Å². The second-order valence-electron chi connectivity index (χ2n) is 14.6. The average Bonchev–Trinajstić information content (AvgIpc) is 2.97. The highest BCUT2D eigenvalue weighted by Gasteiger charge is 2.44. The zero-order valence-corrected chi connectivity index (χ0v) is 27.0. The number of amides is 4. The number of carbonyl (C=O) groups excluding carboxylic acids is 4.